The number of nitrogens with one attached hydrogen (secondary N) is 1. The highest BCUT2D eigenvalue weighted by molar-refractivity contribution is 6.05. The van der Waals surface area contributed by atoms with E-state index in [-0.39, 0.29) is 48.1 Å². The summed E-state index contributed by atoms with van der Waals surface area (Å²) in [7, 11) is 0. The van der Waals surface area contributed by atoms with Crippen LogP contribution >= 0.6 is 0 Å². The smallest absolute Gasteiger partial charge is 0.233 e. The molecule has 5 heteroatoms. The maximum Gasteiger partial charge on any atom is 0.233 e. The average Bonchev–Trinajstić information content (AvgIpc) is 2.69. The molecule has 3 amide bonds. The summed E-state index contributed by atoms with van der Waals surface area (Å²) in [5.41, 5.74) is -0.256. The predicted octanol–water partition coefficient (Wildman–Crippen LogP) is 1.63. The molecule has 1 aliphatic carbocycles. The third-order valence-corrected chi connectivity index (χ3v) is 4.52. The molecule has 1 heterocycles. The number of likely N-dealkylation sites (tertiary alicyclic amines) is 1. The van der Waals surface area contributed by atoms with Gasteiger partial charge in [0.2, 0.25) is 17.7 Å². The topological polar surface area (TPSA) is 66.5 Å². The number of carbonyl (C=O) groups is 3. The van der Waals surface area contributed by atoms with Gasteiger partial charge >= 0.3 is 0 Å². The maximum absolute atomic E-state index is 12.2. The molecule has 0 bridgehead atoms. The number of allylic oxidation sites excluding steroid dienone is 2. The van der Waals surface area contributed by atoms with Gasteiger partial charge < -0.3 is 5.32 Å². The number of rotatable bonds is 5. The van der Waals surface area contributed by atoms with Gasteiger partial charge in [-0.1, -0.05) is 19.1 Å². The fourth-order valence-corrected chi connectivity index (χ4v) is 2.83. The lowest BCUT2D eigenvalue weighted by Gasteiger charge is -2.25. The second kappa shape index (κ2) is 6.00. The first kappa shape index (κ1) is 15.7. The number of imide groups is 1. The van der Waals surface area contributed by atoms with Crippen LogP contribution in [0.3, 0.4) is 0 Å². The van der Waals surface area contributed by atoms with Gasteiger partial charge in [0.05, 0.1) is 11.8 Å². The summed E-state index contributed by atoms with van der Waals surface area (Å²) < 4.78 is 0. The van der Waals surface area contributed by atoms with E-state index in [1.54, 1.807) is 0 Å². The normalized spacial score (nSPS) is 25.2. The molecule has 1 aliphatic heterocycles. The first-order chi connectivity index (χ1) is 9.85. The first-order valence-electron chi connectivity index (χ1n) is 7.67. The van der Waals surface area contributed by atoms with Crippen molar-refractivity contribution in [3.63, 3.8) is 0 Å². The Morgan fingerprint density at radius 2 is 1.76 bits per heavy atom. The summed E-state index contributed by atoms with van der Waals surface area (Å²) in [6, 6.07) is 0. The Hall–Kier alpha value is -1.65. The number of fused-ring (bicyclic) bond motifs is 1. The molecule has 0 aromatic rings. The van der Waals surface area contributed by atoms with Crippen molar-refractivity contribution in [3.05, 3.63) is 12.2 Å². The molecular formula is C16H24N2O3. The van der Waals surface area contributed by atoms with Crippen LogP contribution in [0.25, 0.3) is 0 Å². The van der Waals surface area contributed by atoms with Gasteiger partial charge in [-0.15, -0.1) is 0 Å². The number of carbonyl (C=O) groups excluding carboxylic acids is 3. The minimum absolute atomic E-state index is 0.114. The Kier molecular flexibility index (Phi) is 4.49. The molecule has 0 saturated carbocycles. The second-order valence-corrected chi connectivity index (χ2v) is 6.52. The maximum atomic E-state index is 12.2. The summed E-state index contributed by atoms with van der Waals surface area (Å²) in [4.78, 5) is 37.7. The highest BCUT2D eigenvalue weighted by Crippen LogP contribution is 2.34. The standard InChI is InChI=1S/C16H24N2O3/c1-4-16(2,3)17-13(19)9-10-18-14(20)11-7-5-6-8-12(11)15(18)21/h5-6,11-12H,4,7-10H2,1-3H3,(H,17,19)/t11-,12-/m0/s1. The average molecular weight is 292 g/mol. The van der Waals surface area contributed by atoms with Crippen LogP contribution in [-0.2, 0) is 14.4 Å². The zero-order valence-corrected chi connectivity index (χ0v) is 13.0. The molecule has 2 atom stereocenters. The van der Waals surface area contributed by atoms with E-state index < -0.39 is 0 Å². The number of amides is 3. The summed E-state index contributed by atoms with van der Waals surface area (Å²) in [6.45, 7) is 6.11. The lowest BCUT2D eigenvalue weighted by Crippen LogP contribution is -2.44. The number of hydrogen-bond acceptors (Lipinski definition) is 3. The van der Waals surface area contributed by atoms with E-state index in [0.29, 0.717) is 12.8 Å². The largest absolute Gasteiger partial charge is 0.351 e. The molecular weight excluding hydrogens is 268 g/mol. The fraction of sp³-hybridized carbons (Fsp3) is 0.688. The molecule has 116 valence electrons. The Morgan fingerprint density at radius 3 is 2.24 bits per heavy atom. The van der Waals surface area contributed by atoms with E-state index in [0.717, 1.165) is 6.42 Å². The Balaban J connectivity index is 1.91. The van der Waals surface area contributed by atoms with Crippen LogP contribution in [0.1, 0.15) is 46.5 Å². The van der Waals surface area contributed by atoms with E-state index in [9.17, 15) is 14.4 Å². The van der Waals surface area contributed by atoms with Gasteiger partial charge in [-0.25, -0.2) is 0 Å². The van der Waals surface area contributed by atoms with Crippen LogP contribution in [0.4, 0.5) is 0 Å². The summed E-state index contributed by atoms with van der Waals surface area (Å²) in [5.74, 6) is -0.764. The van der Waals surface area contributed by atoms with Gasteiger partial charge in [0, 0.05) is 18.5 Å². The fourth-order valence-electron chi connectivity index (χ4n) is 2.83. The molecule has 1 N–H and O–H groups in total. The highest BCUT2D eigenvalue weighted by Gasteiger charge is 2.46. The lowest BCUT2D eigenvalue weighted by atomic mass is 9.85. The summed E-state index contributed by atoms with van der Waals surface area (Å²) >= 11 is 0. The number of nitrogens with zero attached hydrogens (tertiary/aromatic N) is 1. The highest BCUT2D eigenvalue weighted by atomic mass is 16.2. The van der Waals surface area contributed by atoms with Crippen LogP contribution < -0.4 is 5.32 Å². The lowest BCUT2D eigenvalue weighted by molar-refractivity contribution is -0.140. The van der Waals surface area contributed by atoms with Gasteiger partial charge in [-0.3, -0.25) is 19.3 Å². The van der Waals surface area contributed by atoms with Gasteiger partial charge in [0.25, 0.3) is 0 Å². The van der Waals surface area contributed by atoms with Crippen molar-refractivity contribution in [2.75, 3.05) is 6.54 Å². The quantitative estimate of drug-likeness (QED) is 0.618. The van der Waals surface area contributed by atoms with E-state index in [1.807, 2.05) is 32.9 Å². The molecule has 1 saturated heterocycles. The Labute approximate surface area is 125 Å². The molecule has 2 aliphatic rings. The van der Waals surface area contributed by atoms with Gasteiger partial charge in [0.1, 0.15) is 0 Å². The molecule has 0 aromatic carbocycles. The van der Waals surface area contributed by atoms with Crippen molar-refractivity contribution in [2.24, 2.45) is 11.8 Å². The van der Waals surface area contributed by atoms with Crippen LogP contribution in [0.2, 0.25) is 0 Å². The van der Waals surface area contributed by atoms with Crippen molar-refractivity contribution in [1.29, 1.82) is 0 Å². The SMILES string of the molecule is CCC(C)(C)NC(=O)CCN1C(=O)[C@H]2CC=CC[C@@H]2C1=O. The van der Waals surface area contributed by atoms with Gasteiger partial charge in [-0.2, -0.15) is 0 Å². The monoisotopic (exact) mass is 292 g/mol. The van der Waals surface area contributed by atoms with Gasteiger partial charge in [-0.05, 0) is 33.1 Å². The zero-order chi connectivity index (χ0) is 15.6. The van der Waals surface area contributed by atoms with Crippen molar-refractivity contribution >= 4 is 17.7 Å². The minimum atomic E-state index is -0.256. The van der Waals surface area contributed by atoms with Crippen molar-refractivity contribution < 1.29 is 14.4 Å². The summed E-state index contributed by atoms with van der Waals surface area (Å²) in [6.07, 6.45) is 6.21. The third-order valence-electron chi connectivity index (χ3n) is 4.52. The molecule has 2 rings (SSSR count). The Morgan fingerprint density at radius 1 is 1.24 bits per heavy atom. The molecule has 0 unspecified atom stereocenters. The molecule has 0 spiro atoms. The van der Waals surface area contributed by atoms with E-state index in [1.165, 1.54) is 4.90 Å². The summed E-state index contributed by atoms with van der Waals surface area (Å²) in [5, 5.41) is 2.92. The van der Waals surface area contributed by atoms with Crippen molar-refractivity contribution in [3.8, 4) is 0 Å². The molecule has 5 nitrogen and oxygen atoms in total. The van der Waals surface area contributed by atoms with E-state index in [2.05, 4.69) is 5.32 Å². The third kappa shape index (κ3) is 3.34. The van der Waals surface area contributed by atoms with Crippen molar-refractivity contribution in [1.82, 2.24) is 10.2 Å². The first-order valence-corrected chi connectivity index (χ1v) is 7.67. The Bertz CT molecular complexity index is 456. The van der Waals surface area contributed by atoms with Crippen molar-refractivity contribution in [2.45, 2.75) is 52.0 Å². The number of hydrogen-bond donors (Lipinski definition) is 1. The van der Waals surface area contributed by atoms with E-state index in [4.69, 9.17) is 0 Å². The molecule has 0 aromatic heterocycles. The van der Waals surface area contributed by atoms with E-state index >= 15 is 0 Å². The van der Waals surface area contributed by atoms with Crippen LogP contribution in [0.15, 0.2) is 12.2 Å². The van der Waals surface area contributed by atoms with Crippen LogP contribution in [0, 0.1) is 11.8 Å². The van der Waals surface area contributed by atoms with Gasteiger partial charge in [0.15, 0.2) is 0 Å². The molecule has 1 fully saturated rings. The molecule has 21 heavy (non-hydrogen) atoms. The predicted molar refractivity (Wildman–Crippen MR) is 79.2 cm³/mol. The second-order valence-electron chi connectivity index (χ2n) is 6.52. The van der Waals surface area contributed by atoms with Crippen LogP contribution in [0.5, 0.6) is 0 Å². The molecule has 0 radical (unpaired) electrons. The minimum Gasteiger partial charge on any atom is -0.351 e. The zero-order valence-electron chi connectivity index (χ0n) is 13.0. The van der Waals surface area contributed by atoms with Crippen LogP contribution in [-0.4, -0.2) is 34.7 Å².